The fourth-order valence-corrected chi connectivity index (χ4v) is 1.51. The van der Waals surface area contributed by atoms with Gasteiger partial charge in [0.2, 0.25) is 0 Å². The van der Waals surface area contributed by atoms with Crippen molar-refractivity contribution < 1.29 is 24.5 Å². The van der Waals surface area contributed by atoms with Gasteiger partial charge in [0, 0.05) is 17.1 Å². The summed E-state index contributed by atoms with van der Waals surface area (Å²) < 4.78 is 9.69. The second kappa shape index (κ2) is 5.18. The predicted molar refractivity (Wildman–Crippen MR) is 59.5 cm³/mol. The third-order valence-corrected chi connectivity index (χ3v) is 2.81. The molecule has 0 heterocycles. The molecule has 1 rings (SSSR count). The molecule has 0 aliphatic rings. The lowest BCUT2D eigenvalue weighted by Crippen LogP contribution is -2.08. The highest BCUT2D eigenvalue weighted by Crippen LogP contribution is 2.36. The van der Waals surface area contributed by atoms with Gasteiger partial charge < -0.3 is 19.7 Å². The molecule has 88 valence electrons. The van der Waals surface area contributed by atoms with Crippen LogP contribution in [0.2, 0.25) is 0 Å². The number of ether oxygens (including phenoxy) is 2. The Kier molecular flexibility index (Phi) is 4.14. The second-order valence-corrected chi connectivity index (χ2v) is 3.92. The van der Waals surface area contributed by atoms with Crippen molar-refractivity contribution in [2.24, 2.45) is 0 Å². The number of carbonyl (C=O) groups is 1. The highest BCUT2D eigenvalue weighted by molar-refractivity contribution is 9.10. The Morgan fingerprint density at radius 3 is 2.69 bits per heavy atom. The third kappa shape index (κ3) is 2.45. The second-order valence-electron chi connectivity index (χ2n) is 3.06. The molecule has 0 spiro atoms. The number of hydrogen-bond donors (Lipinski definition) is 2. The maximum atomic E-state index is 11.5. The third-order valence-electron chi connectivity index (χ3n) is 1.98. The molecule has 0 saturated carbocycles. The molecule has 1 aromatic rings. The summed E-state index contributed by atoms with van der Waals surface area (Å²) in [5.74, 6) is -1.50. The molecule has 0 radical (unpaired) electrons. The molecule has 16 heavy (non-hydrogen) atoms. The Morgan fingerprint density at radius 2 is 2.12 bits per heavy atom. The van der Waals surface area contributed by atoms with Gasteiger partial charge in [-0.05, 0) is 13.0 Å². The van der Waals surface area contributed by atoms with Crippen LogP contribution in [-0.2, 0) is 9.47 Å². The van der Waals surface area contributed by atoms with Crippen LogP contribution >= 0.6 is 15.9 Å². The Labute approximate surface area is 101 Å². The van der Waals surface area contributed by atoms with Gasteiger partial charge in [-0.15, -0.1) is 0 Å². The van der Waals surface area contributed by atoms with Gasteiger partial charge in [0.05, 0.1) is 0 Å². The first-order valence-corrected chi connectivity index (χ1v) is 5.15. The number of rotatable bonds is 3. The molecule has 0 bridgehead atoms. The first-order valence-electron chi connectivity index (χ1n) is 4.36. The lowest BCUT2D eigenvalue weighted by Gasteiger charge is -2.10. The van der Waals surface area contributed by atoms with Gasteiger partial charge in [0.25, 0.3) is 0 Å². The molecular formula is C10H11BrO5. The molecule has 0 unspecified atom stereocenters. The number of esters is 1. The summed E-state index contributed by atoms with van der Waals surface area (Å²) in [6, 6.07) is 1.32. The molecule has 0 aliphatic heterocycles. The van der Waals surface area contributed by atoms with E-state index in [0.29, 0.717) is 10.0 Å². The zero-order valence-corrected chi connectivity index (χ0v) is 10.4. The summed E-state index contributed by atoms with van der Waals surface area (Å²) in [4.78, 5) is 11.5. The highest BCUT2D eigenvalue weighted by atomic mass is 79.9. The van der Waals surface area contributed by atoms with Crippen molar-refractivity contribution in [3.63, 3.8) is 0 Å². The first-order chi connectivity index (χ1) is 7.49. The lowest BCUT2D eigenvalue weighted by atomic mass is 10.1. The standard InChI is InChI=1S/C10H11BrO5/c1-5-6(11)3-7(12)8(9(5)13)10(14)16-4-15-2/h3,12-13H,4H2,1-2H3. The summed E-state index contributed by atoms with van der Waals surface area (Å²) in [6.45, 7) is 1.36. The van der Waals surface area contributed by atoms with Gasteiger partial charge in [0.15, 0.2) is 6.79 Å². The summed E-state index contributed by atoms with van der Waals surface area (Å²) in [5.41, 5.74) is 0.180. The topological polar surface area (TPSA) is 76.0 Å². The molecule has 0 atom stereocenters. The fourth-order valence-electron chi connectivity index (χ4n) is 1.11. The van der Waals surface area contributed by atoms with Crippen molar-refractivity contribution >= 4 is 21.9 Å². The van der Waals surface area contributed by atoms with Crippen molar-refractivity contribution in [2.45, 2.75) is 6.92 Å². The van der Waals surface area contributed by atoms with E-state index in [1.54, 1.807) is 6.92 Å². The van der Waals surface area contributed by atoms with E-state index in [2.05, 4.69) is 25.4 Å². The van der Waals surface area contributed by atoms with E-state index in [0.717, 1.165) is 0 Å². The first kappa shape index (κ1) is 12.8. The molecule has 0 amide bonds. The predicted octanol–water partition coefficient (Wildman–Crippen LogP) is 1.93. The molecule has 0 fully saturated rings. The molecule has 2 N–H and O–H groups in total. The number of halogens is 1. The van der Waals surface area contributed by atoms with Crippen molar-refractivity contribution in [3.05, 3.63) is 21.7 Å². The fraction of sp³-hybridized carbons (Fsp3) is 0.300. The van der Waals surface area contributed by atoms with E-state index in [9.17, 15) is 15.0 Å². The van der Waals surface area contributed by atoms with Crippen LogP contribution in [0.5, 0.6) is 11.5 Å². The Morgan fingerprint density at radius 1 is 1.50 bits per heavy atom. The zero-order chi connectivity index (χ0) is 12.3. The summed E-state index contributed by atoms with van der Waals surface area (Å²) >= 11 is 3.14. The van der Waals surface area contributed by atoms with Gasteiger partial charge in [0.1, 0.15) is 17.1 Å². The number of carbonyl (C=O) groups excluding carboxylic acids is 1. The molecule has 0 saturated heterocycles. The van der Waals surface area contributed by atoms with Crippen molar-refractivity contribution in [1.29, 1.82) is 0 Å². The highest BCUT2D eigenvalue weighted by Gasteiger charge is 2.21. The van der Waals surface area contributed by atoms with Gasteiger partial charge in [-0.1, -0.05) is 15.9 Å². The maximum Gasteiger partial charge on any atom is 0.347 e. The zero-order valence-electron chi connectivity index (χ0n) is 8.78. The lowest BCUT2D eigenvalue weighted by molar-refractivity contribution is -0.0129. The SMILES string of the molecule is COCOC(=O)c1c(O)cc(Br)c(C)c1O. The van der Waals surface area contributed by atoms with Gasteiger partial charge in [-0.3, -0.25) is 0 Å². The number of methoxy groups -OCH3 is 1. The van der Waals surface area contributed by atoms with Crippen LogP contribution < -0.4 is 0 Å². The van der Waals surface area contributed by atoms with Gasteiger partial charge in [-0.25, -0.2) is 4.79 Å². The van der Waals surface area contributed by atoms with E-state index >= 15 is 0 Å². The van der Waals surface area contributed by atoms with E-state index in [-0.39, 0.29) is 23.9 Å². The van der Waals surface area contributed by atoms with Gasteiger partial charge >= 0.3 is 5.97 Å². The number of benzene rings is 1. The molecule has 1 aromatic carbocycles. The Hall–Kier alpha value is -1.27. The summed E-state index contributed by atoms with van der Waals surface area (Å²) in [5, 5.41) is 19.2. The van der Waals surface area contributed by atoms with Crippen LogP contribution in [0.4, 0.5) is 0 Å². The molecule has 0 aliphatic carbocycles. The normalized spacial score (nSPS) is 10.2. The van der Waals surface area contributed by atoms with Crippen LogP contribution in [0.1, 0.15) is 15.9 Å². The number of aromatic hydroxyl groups is 2. The average Bonchev–Trinajstić information content (AvgIpc) is 2.23. The number of hydrogen-bond acceptors (Lipinski definition) is 5. The van der Waals surface area contributed by atoms with E-state index < -0.39 is 5.97 Å². The van der Waals surface area contributed by atoms with Crippen LogP contribution in [0.15, 0.2) is 10.5 Å². The van der Waals surface area contributed by atoms with E-state index in [4.69, 9.17) is 0 Å². The number of phenolic OH excluding ortho intramolecular Hbond substituents is 2. The minimum Gasteiger partial charge on any atom is -0.507 e. The molecule has 5 nitrogen and oxygen atoms in total. The van der Waals surface area contributed by atoms with E-state index in [1.807, 2.05) is 0 Å². The van der Waals surface area contributed by atoms with Crippen LogP contribution in [-0.4, -0.2) is 30.1 Å². The molecule has 0 aromatic heterocycles. The van der Waals surface area contributed by atoms with Crippen LogP contribution in [0, 0.1) is 6.92 Å². The maximum absolute atomic E-state index is 11.5. The molecular weight excluding hydrogens is 280 g/mol. The Bertz CT molecular complexity index is 416. The average molecular weight is 291 g/mol. The quantitative estimate of drug-likeness (QED) is 0.657. The number of phenols is 2. The van der Waals surface area contributed by atoms with Gasteiger partial charge in [-0.2, -0.15) is 0 Å². The van der Waals surface area contributed by atoms with Crippen molar-refractivity contribution in [3.8, 4) is 11.5 Å². The smallest absolute Gasteiger partial charge is 0.347 e. The summed E-state index contributed by atoms with van der Waals surface area (Å²) in [7, 11) is 1.36. The largest absolute Gasteiger partial charge is 0.507 e. The van der Waals surface area contributed by atoms with E-state index in [1.165, 1.54) is 13.2 Å². The van der Waals surface area contributed by atoms with Crippen LogP contribution in [0.3, 0.4) is 0 Å². The Balaban J connectivity index is 3.13. The van der Waals surface area contributed by atoms with Crippen molar-refractivity contribution in [1.82, 2.24) is 0 Å². The van der Waals surface area contributed by atoms with Crippen molar-refractivity contribution in [2.75, 3.05) is 13.9 Å². The minimum atomic E-state index is -0.840. The van der Waals surface area contributed by atoms with Crippen LogP contribution in [0.25, 0.3) is 0 Å². The minimum absolute atomic E-state index is 0.243. The monoisotopic (exact) mass is 290 g/mol. The summed E-state index contributed by atoms with van der Waals surface area (Å²) in [6.07, 6.45) is 0. The molecule has 6 heteroatoms.